The summed E-state index contributed by atoms with van der Waals surface area (Å²) in [5.41, 5.74) is 8.27. The Labute approximate surface area is 146 Å². The molecule has 5 nitrogen and oxygen atoms in total. The minimum atomic E-state index is -0.715. The largest absolute Gasteiger partial charge is 0.366 e. The highest BCUT2D eigenvalue weighted by molar-refractivity contribution is 6.36. The number of hydrogen-bond donors (Lipinski definition) is 1. The molecule has 3 rings (SSSR count). The van der Waals surface area contributed by atoms with Crippen LogP contribution in [0, 0.1) is 0 Å². The van der Waals surface area contributed by atoms with Gasteiger partial charge in [0.05, 0.1) is 22.4 Å². The molecule has 0 bridgehead atoms. The van der Waals surface area contributed by atoms with Gasteiger partial charge in [0, 0.05) is 0 Å². The number of anilines is 1. The van der Waals surface area contributed by atoms with Gasteiger partial charge in [0.15, 0.2) is 0 Å². The molecule has 0 aromatic heterocycles. The topological polar surface area (TPSA) is 80.5 Å². The van der Waals surface area contributed by atoms with Crippen LogP contribution >= 0.6 is 0 Å². The van der Waals surface area contributed by atoms with E-state index in [-0.39, 0.29) is 22.6 Å². The molecule has 5 heteroatoms. The summed E-state index contributed by atoms with van der Waals surface area (Å²) in [5, 5.41) is 0. The molecule has 0 saturated heterocycles. The Morgan fingerprint density at radius 1 is 1.08 bits per heavy atom. The predicted octanol–water partition coefficient (Wildman–Crippen LogP) is 3.27. The number of amides is 3. The van der Waals surface area contributed by atoms with Crippen molar-refractivity contribution < 1.29 is 14.4 Å². The molecule has 2 aromatic carbocycles. The third kappa shape index (κ3) is 2.52. The summed E-state index contributed by atoms with van der Waals surface area (Å²) in [7, 11) is 0. The smallest absolute Gasteiger partial charge is 0.266 e. The average Bonchev–Trinajstić information content (AvgIpc) is 2.85. The predicted molar refractivity (Wildman–Crippen MR) is 96.0 cm³/mol. The standard InChI is InChI=1S/C20H20N2O3/c1-4-12-7-5-8-13(11(2)3)17(12)22-19(24)15-10-6-9-14(18(21)23)16(15)20(22)25/h5-11H,4H2,1-3H3,(H2,21,23). The molecular formula is C20H20N2O3. The van der Waals surface area contributed by atoms with E-state index < -0.39 is 17.7 Å². The van der Waals surface area contributed by atoms with Gasteiger partial charge in [0.25, 0.3) is 11.8 Å². The number of carbonyl (C=O) groups is 3. The van der Waals surface area contributed by atoms with Gasteiger partial charge in [-0.25, -0.2) is 4.90 Å². The Balaban J connectivity index is 2.25. The molecule has 0 unspecified atom stereocenters. The van der Waals surface area contributed by atoms with E-state index in [0.717, 1.165) is 11.1 Å². The van der Waals surface area contributed by atoms with Crippen LogP contribution in [0.15, 0.2) is 36.4 Å². The molecule has 0 saturated carbocycles. The first-order valence-corrected chi connectivity index (χ1v) is 8.31. The minimum absolute atomic E-state index is 0.0819. The highest BCUT2D eigenvalue weighted by atomic mass is 16.2. The van der Waals surface area contributed by atoms with Gasteiger partial charge < -0.3 is 5.73 Å². The molecule has 1 aliphatic heterocycles. The van der Waals surface area contributed by atoms with Gasteiger partial charge >= 0.3 is 0 Å². The summed E-state index contributed by atoms with van der Waals surface area (Å²) in [6, 6.07) is 10.4. The van der Waals surface area contributed by atoms with Crippen molar-refractivity contribution in [2.24, 2.45) is 5.73 Å². The van der Waals surface area contributed by atoms with Crippen LogP contribution in [0.4, 0.5) is 5.69 Å². The molecule has 128 valence electrons. The first-order valence-electron chi connectivity index (χ1n) is 8.31. The first-order chi connectivity index (χ1) is 11.9. The van der Waals surface area contributed by atoms with Gasteiger partial charge in [0.2, 0.25) is 5.91 Å². The molecule has 1 aliphatic rings. The van der Waals surface area contributed by atoms with Crippen molar-refractivity contribution in [1.82, 2.24) is 0 Å². The molecule has 2 aromatic rings. The van der Waals surface area contributed by atoms with Crippen molar-refractivity contribution in [1.29, 1.82) is 0 Å². The average molecular weight is 336 g/mol. The van der Waals surface area contributed by atoms with Crippen molar-refractivity contribution in [3.05, 3.63) is 64.2 Å². The van der Waals surface area contributed by atoms with E-state index in [0.29, 0.717) is 12.1 Å². The van der Waals surface area contributed by atoms with E-state index in [2.05, 4.69) is 0 Å². The Hall–Kier alpha value is -2.95. The van der Waals surface area contributed by atoms with Crippen LogP contribution < -0.4 is 10.6 Å². The van der Waals surface area contributed by atoms with Crippen LogP contribution in [0.2, 0.25) is 0 Å². The van der Waals surface area contributed by atoms with Crippen molar-refractivity contribution in [3.8, 4) is 0 Å². The van der Waals surface area contributed by atoms with Gasteiger partial charge in [-0.2, -0.15) is 0 Å². The second-order valence-corrected chi connectivity index (χ2v) is 6.40. The fraction of sp³-hybridized carbons (Fsp3) is 0.250. The number of carbonyl (C=O) groups excluding carboxylic acids is 3. The molecule has 2 N–H and O–H groups in total. The lowest BCUT2D eigenvalue weighted by molar-refractivity contribution is 0.0918. The quantitative estimate of drug-likeness (QED) is 0.870. The van der Waals surface area contributed by atoms with E-state index in [1.807, 2.05) is 39.0 Å². The lowest BCUT2D eigenvalue weighted by atomic mass is 9.95. The minimum Gasteiger partial charge on any atom is -0.366 e. The monoisotopic (exact) mass is 336 g/mol. The van der Waals surface area contributed by atoms with E-state index in [9.17, 15) is 14.4 Å². The Morgan fingerprint density at radius 2 is 1.76 bits per heavy atom. The summed E-state index contributed by atoms with van der Waals surface area (Å²) >= 11 is 0. The van der Waals surface area contributed by atoms with Crippen molar-refractivity contribution in [2.75, 3.05) is 4.90 Å². The molecule has 0 spiro atoms. The fourth-order valence-corrected chi connectivity index (χ4v) is 3.33. The van der Waals surface area contributed by atoms with Crippen molar-refractivity contribution >= 4 is 23.4 Å². The van der Waals surface area contributed by atoms with Crippen LogP contribution in [0.1, 0.15) is 68.9 Å². The Kier molecular flexibility index (Phi) is 4.17. The SMILES string of the molecule is CCc1cccc(C(C)C)c1N1C(=O)c2cccc(C(N)=O)c2C1=O. The number of benzene rings is 2. The van der Waals surface area contributed by atoms with Crippen LogP contribution in [-0.4, -0.2) is 17.7 Å². The zero-order valence-corrected chi connectivity index (χ0v) is 14.5. The molecule has 0 fully saturated rings. The Morgan fingerprint density at radius 3 is 2.36 bits per heavy atom. The van der Waals surface area contributed by atoms with Crippen LogP contribution in [0.5, 0.6) is 0 Å². The molecule has 0 atom stereocenters. The number of aryl methyl sites for hydroxylation is 1. The van der Waals surface area contributed by atoms with E-state index in [1.54, 1.807) is 12.1 Å². The van der Waals surface area contributed by atoms with Gasteiger partial charge in [-0.1, -0.05) is 45.0 Å². The highest BCUT2D eigenvalue weighted by Gasteiger charge is 2.41. The summed E-state index contributed by atoms with van der Waals surface area (Å²) in [6.07, 6.45) is 0.686. The number of nitrogens with zero attached hydrogens (tertiary/aromatic N) is 1. The zero-order valence-electron chi connectivity index (χ0n) is 14.5. The number of rotatable bonds is 4. The van der Waals surface area contributed by atoms with Crippen LogP contribution in [0.25, 0.3) is 0 Å². The fourth-order valence-electron chi connectivity index (χ4n) is 3.33. The number of primary amides is 1. The summed E-state index contributed by atoms with van der Waals surface area (Å²) in [5.74, 6) is -1.47. The summed E-state index contributed by atoms with van der Waals surface area (Å²) < 4.78 is 0. The maximum Gasteiger partial charge on any atom is 0.266 e. The van der Waals surface area contributed by atoms with Gasteiger partial charge in [-0.3, -0.25) is 14.4 Å². The van der Waals surface area contributed by atoms with Crippen molar-refractivity contribution in [3.63, 3.8) is 0 Å². The highest BCUT2D eigenvalue weighted by Crippen LogP contribution is 2.37. The van der Waals surface area contributed by atoms with Gasteiger partial charge in [-0.05, 0) is 35.6 Å². The van der Waals surface area contributed by atoms with Crippen molar-refractivity contribution in [2.45, 2.75) is 33.1 Å². The number of nitrogens with two attached hydrogens (primary N) is 1. The lowest BCUT2D eigenvalue weighted by Gasteiger charge is -2.23. The number of hydrogen-bond acceptors (Lipinski definition) is 3. The maximum atomic E-state index is 13.1. The molecule has 0 aliphatic carbocycles. The van der Waals surface area contributed by atoms with Crippen LogP contribution in [-0.2, 0) is 6.42 Å². The molecular weight excluding hydrogens is 316 g/mol. The van der Waals surface area contributed by atoms with E-state index in [4.69, 9.17) is 5.73 Å². The van der Waals surface area contributed by atoms with E-state index in [1.165, 1.54) is 11.0 Å². The summed E-state index contributed by atoms with van der Waals surface area (Å²) in [4.78, 5) is 38.9. The molecule has 1 heterocycles. The second kappa shape index (κ2) is 6.16. The molecule has 3 amide bonds. The zero-order chi connectivity index (χ0) is 18.3. The Bertz CT molecular complexity index is 900. The lowest BCUT2D eigenvalue weighted by Crippen LogP contribution is -2.32. The molecule has 25 heavy (non-hydrogen) atoms. The van der Waals surface area contributed by atoms with Gasteiger partial charge in [-0.15, -0.1) is 0 Å². The van der Waals surface area contributed by atoms with Gasteiger partial charge in [0.1, 0.15) is 0 Å². The van der Waals surface area contributed by atoms with E-state index >= 15 is 0 Å². The second-order valence-electron chi connectivity index (χ2n) is 6.40. The van der Waals surface area contributed by atoms with Crippen LogP contribution in [0.3, 0.4) is 0 Å². The number of imide groups is 1. The number of para-hydroxylation sites is 1. The third-order valence-electron chi connectivity index (χ3n) is 4.56. The molecule has 0 radical (unpaired) electrons. The first kappa shape index (κ1) is 16.9. The number of fused-ring (bicyclic) bond motifs is 1. The summed E-state index contributed by atoms with van der Waals surface area (Å²) in [6.45, 7) is 6.02. The maximum absolute atomic E-state index is 13.1. The third-order valence-corrected chi connectivity index (χ3v) is 4.56. The normalized spacial score (nSPS) is 13.5.